The number of carbonyl (C=O) groups is 2. The van der Waals surface area contributed by atoms with E-state index in [1.54, 1.807) is 27.2 Å². The molecular formula is C13H17N3O3. The first-order valence-electron chi connectivity index (χ1n) is 6.13. The average Bonchev–Trinajstić information content (AvgIpc) is 3.20. The third kappa shape index (κ3) is 3.01. The van der Waals surface area contributed by atoms with Gasteiger partial charge in [-0.05, 0) is 18.9 Å². The molecule has 1 aliphatic rings. The highest BCUT2D eigenvalue weighted by atomic mass is 16.5. The number of hydrogen-bond acceptors (Lipinski definition) is 4. The molecule has 0 unspecified atom stereocenters. The highest BCUT2D eigenvalue weighted by Gasteiger charge is 2.27. The third-order valence-corrected chi connectivity index (χ3v) is 2.77. The maximum atomic E-state index is 12.0. The molecule has 19 heavy (non-hydrogen) atoms. The smallest absolute Gasteiger partial charge is 0.275 e. The van der Waals surface area contributed by atoms with Gasteiger partial charge in [0.15, 0.2) is 11.4 Å². The van der Waals surface area contributed by atoms with E-state index in [4.69, 9.17) is 4.74 Å². The lowest BCUT2D eigenvalue weighted by atomic mass is 10.2. The molecule has 0 spiro atoms. The van der Waals surface area contributed by atoms with Crippen molar-refractivity contribution in [2.45, 2.75) is 18.9 Å². The molecule has 2 amide bonds. The van der Waals surface area contributed by atoms with Crippen LogP contribution in [0.4, 0.5) is 0 Å². The van der Waals surface area contributed by atoms with Gasteiger partial charge in [0, 0.05) is 27.3 Å². The number of nitrogens with one attached hydrogen (secondary N) is 1. The molecule has 0 atom stereocenters. The van der Waals surface area contributed by atoms with Crippen LogP contribution in [-0.2, 0) is 0 Å². The first-order valence-corrected chi connectivity index (χ1v) is 6.13. The Morgan fingerprint density at radius 3 is 2.63 bits per heavy atom. The summed E-state index contributed by atoms with van der Waals surface area (Å²) in [7, 11) is 4.85. The lowest BCUT2D eigenvalue weighted by Crippen LogP contribution is -2.25. The zero-order valence-electron chi connectivity index (χ0n) is 11.3. The Kier molecular flexibility index (Phi) is 3.69. The highest BCUT2D eigenvalue weighted by molar-refractivity contribution is 5.98. The van der Waals surface area contributed by atoms with Gasteiger partial charge in [0.05, 0.1) is 11.7 Å². The molecule has 6 nitrogen and oxygen atoms in total. The van der Waals surface area contributed by atoms with Crippen LogP contribution in [0.15, 0.2) is 12.3 Å². The first-order chi connectivity index (χ1) is 9.02. The van der Waals surface area contributed by atoms with Gasteiger partial charge >= 0.3 is 0 Å². The van der Waals surface area contributed by atoms with Crippen LogP contribution >= 0.6 is 0 Å². The maximum Gasteiger partial charge on any atom is 0.275 e. The van der Waals surface area contributed by atoms with Gasteiger partial charge in [-0.3, -0.25) is 9.59 Å². The molecule has 102 valence electrons. The Labute approximate surface area is 111 Å². The van der Waals surface area contributed by atoms with Crippen LogP contribution in [-0.4, -0.2) is 48.9 Å². The molecule has 1 heterocycles. The molecule has 1 aliphatic carbocycles. The zero-order chi connectivity index (χ0) is 14.0. The van der Waals surface area contributed by atoms with Gasteiger partial charge in [-0.1, -0.05) is 0 Å². The lowest BCUT2D eigenvalue weighted by molar-refractivity contribution is 0.0815. The minimum atomic E-state index is -0.253. The monoisotopic (exact) mass is 263 g/mol. The first kappa shape index (κ1) is 13.3. The van der Waals surface area contributed by atoms with Crippen molar-refractivity contribution in [3.63, 3.8) is 0 Å². The number of nitrogens with zero attached hydrogens (tertiary/aromatic N) is 2. The molecule has 1 N–H and O–H groups in total. The molecular weight excluding hydrogens is 246 g/mol. The summed E-state index contributed by atoms with van der Waals surface area (Å²) in [6.07, 6.45) is 3.46. The Balaban J connectivity index is 2.35. The summed E-state index contributed by atoms with van der Waals surface area (Å²) in [6.45, 7) is 0. The summed E-state index contributed by atoms with van der Waals surface area (Å²) >= 11 is 0. The zero-order valence-corrected chi connectivity index (χ0v) is 11.3. The van der Waals surface area contributed by atoms with Crippen molar-refractivity contribution in [2.24, 2.45) is 0 Å². The molecule has 1 aromatic heterocycles. The van der Waals surface area contributed by atoms with Crippen LogP contribution in [0.2, 0.25) is 0 Å². The van der Waals surface area contributed by atoms with E-state index < -0.39 is 0 Å². The predicted octanol–water partition coefficient (Wildman–Crippen LogP) is 0.684. The number of ether oxygens (including phenoxy) is 1. The summed E-state index contributed by atoms with van der Waals surface area (Å²) < 4.78 is 5.67. The van der Waals surface area contributed by atoms with Crippen LogP contribution in [0, 0.1) is 0 Å². The fourth-order valence-corrected chi connectivity index (χ4v) is 1.54. The number of carbonyl (C=O) groups excluding carboxylic acids is 2. The molecule has 0 aromatic carbocycles. The van der Waals surface area contributed by atoms with E-state index in [9.17, 15) is 9.59 Å². The normalized spacial score (nSPS) is 13.8. The second-order valence-electron chi connectivity index (χ2n) is 4.67. The second-order valence-corrected chi connectivity index (χ2v) is 4.67. The largest absolute Gasteiger partial charge is 0.488 e. The van der Waals surface area contributed by atoms with Crippen molar-refractivity contribution in [3.05, 3.63) is 23.5 Å². The molecule has 0 saturated heterocycles. The Bertz CT molecular complexity index is 510. The summed E-state index contributed by atoms with van der Waals surface area (Å²) in [4.78, 5) is 29.1. The summed E-state index contributed by atoms with van der Waals surface area (Å²) in [5, 5.41) is 2.52. The Morgan fingerprint density at radius 2 is 2.11 bits per heavy atom. The number of pyridine rings is 1. The maximum absolute atomic E-state index is 12.0. The molecule has 1 saturated carbocycles. The molecule has 2 rings (SSSR count). The van der Waals surface area contributed by atoms with Crippen molar-refractivity contribution in [1.29, 1.82) is 0 Å². The van der Waals surface area contributed by atoms with E-state index in [0.29, 0.717) is 11.3 Å². The summed E-state index contributed by atoms with van der Waals surface area (Å²) in [5.41, 5.74) is 0.623. The standard InChI is InChI=1S/C13H17N3O3/c1-14-12(17)8-6-10(19-9-4-5-9)11(15-7-8)13(18)16(2)3/h6-7,9H,4-5H2,1-3H3,(H,14,17). The fraction of sp³-hybridized carbons (Fsp3) is 0.462. The van der Waals surface area contributed by atoms with E-state index in [1.165, 1.54) is 11.1 Å². The van der Waals surface area contributed by atoms with Crippen molar-refractivity contribution in [1.82, 2.24) is 15.2 Å². The predicted molar refractivity (Wildman–Crippen MR) is 69.3 cm³/mol. The summed E-state index contributed by atoms with van der Waals surface area (Å²) in [5.74, 6) is -0.113. The SMILES string of the molecule is CNC(=O)c1cnc(C(=O)N(C)C)c(OC2CC2)c1. The van der Waals surface area contributed by atoms with Gasteiger partial charge in [-0.15, -0.1) is 0 Å². The molecule has 0 aliphatic heterocycles. The van der Waals surface area contributed by atoms with Crippen LogP contribution in [0.1, 0.15) is 33.7 Å². The second kappa shape index (κ2) is 5.26. The number of amides is 2. The van der Waals surface area contributed by atoms with Crippen LogP contribution < -0.4 is 10.1 Å². The number of aromatic nitrogens is 1. The topological polar surface area (TPSA) is 71.5 Å². The quantitative estimate of drug-likeness (QED) is 0.867. The Morgan fingerprint density at radius 1 is 1.42 bits per heavy atom. The molecule has 1 aromatic rings. The van der Waals surface area contributed by atoms with Gasteiger partial charge in [-0.2, -0.15) is 0 Å². The van der Waals surface area contributed by atoms with Gasteiger partial charge in [0.25, 0.3) is 11.8 Å². The van der Waals surface area contributed by atoms with E-state index in [-0.39, 0.29) is 23.6 Å². The van der Waals surface area contributed by atoms with Gasteiger partial charge in [-0.25, -0.2) is 4.98 Å². The molecule has 6 heteroatoms. The number of hydrogen-bond donors (Lipinski definition) is 1. The minimum Gasteiger partial charge on any atom is -0.488 e. The number of rotatable bonds is 4. The average molecular weight is 263 g/mol. The van der Waals surface area contributed by atoms with E-state index in [0.717, 1.165) is 12.8 Å². The molecule has 1 fully saturated rings. The van der Waals surface area contributed by atoms with Crippen molar-refractivity contribution in [3.8, 4) is 5.75 Å². The van der Waals surface area contributed by atoms with E-state index in [1.807, 2.05) is 0 Å². The van der Waals surface area contributed by atoms with Crippen molar-refractivity contribution < 1.29 is 14.3 Å². The van der Waals surface area contributed by atoms with Gasteiger partial charge < -0.3 is 15.0 Å². The highest BCUT2D eigenvalue weighted by Crippen LogP contribution is 2.29. The minimum absolute atomic E-state index is 0.135. The summed E-state index contributed by atoms with van der Waals surface area (Å²) in [6, 6.07) is 1.57. The van der Waals surface area contributed by atoms with Crippen LogP contribution in [0.3, 0.4) is 0 Å². The lowest BCUT2D eigenvalue weighted by Gasteiger charge is -2.14. The van der Waals surface area contributed by atoms with E-state index >= 15 is 0 Å². The van der Waals surface area contributed by atoms with Gasteiger partial charge in [0.1, 0.15) is 0 Å². The van der Waals surface area contributed by atoms with Crippen LogP contribution in [0.5, 0.6) is 5.75 Å². The Hall–Kier alpha value is -2.11. The van der Waals surface area contributed by atoms with E-state index in [2.05, 4.69) is 10.3 Å². The molecule has 0 bridgehead atoms. The van der Waals surface area contributed by atoms with Gasteiger partial charge in [0.2, 0.25) is 0 Å². The third-order valence-electron chi connectivity index (χ3n) is 2.77. The van der Waals surface area contributed by atoms with Crippen LogP contribution in [0.25, 0.3) is 0 Å². The van der Waals surface area contributed by atoms with Crippen molar-refractivity contribution in [2.75, 3.05) is 21.1 Å². The molecule has 0 radical (unpaired) electrons. The van der Waals surface area contributed by atoms with Crippen molar-refractivity contribution >= 4 is 11.8 Å². The fourth-order valence-electron chi connectivity index (χ4n) is 1.54.